The largest absolute Gasteiger partial charge is 0.467 e. The third-order valence-electron chi connectivity index (χ3n) is 3.25. The van der Waals surface area contributed by atoms with Gasteiger partial charge in [-0.1, -0.05) is 6.92 Å². The zero-order valence-electron chi connectivity index (χ0n) is 10.5. The predicted molar refractivity (Wildman–Crippen MR) is 70.5 cm³/mol. The van der Waals surface area contributed by atoms with Crippen molar-refractivity contribution in [2.45, 2.75) is 25.8 Å². The summed E-state index contributed by atoms with van der Waals surface area (Å²) in [6.45, 7) is 2.04. The lowest BCUT2D eigenvalue weighted by Crippen LogP contribution is -2.38. The number of carbonyl (C=O) groups excluding carboxylic acids is 1. The van der Waals surface area contributed by atoms with Crippen molar-refractivity contribution >= 4 is 17.7 Å². The zero-order chi connectivity index (χ0) is 13.2. The van der Waals surface area contributed by atoms with Crippen LogP contribution in [-0.4, -0.2) is 24.9 Å². The molecule has 0 aromatic carbocycles. The minimum Gasteiger partial charge on any atom is -0.467 e. The van der Waals surface area contributed by atoms with E-state index in [1.165, 1.54) is 7.11 Å². The first-order valence-corrected chi connectivity index (χ1v) is 6.95. The van der Waals surface area contributed by atoms with Crippen molar-refractivity contribution in [2.75, 3.05) is 12.9 Å². The molecule has 1 heterocycles. The number of methoxy groups -OCH3 is 1. The van der Waals surface area contributed by atoms with E-state index in [0.717, 1.165) is 29.1 Å². The summed E-state index contributed by atoms with van der Waals surface area (Å²) in [5.41, 5.74) is 0.661. The summed E-state index contributed by atoms with van der Waals surface area (Å²) in [4.78, 5) is 12.6. The first-order chi connectivity index (χ1) is 8.66. The number of allylic oxidation sites excluding steroid dienone is 2. The molecule has 0 amide bonds. The number of carbonyl (C=O) groups is 1. The van der Waals surface area contributed by atoms with Crippen LogP contribution in [0.3, 0.4) is 0 Å². The summed E-state index contributed by atoms with van der Waals surface area (Å²) >= 11 is 1.61. The molecule has 1 aliphatic heterocycles. The van der Waals surface area contributed by atoms with Crippen LogP contribution >= 0.6 is 11.8 Å². The quantitative estimate of drug-likeness (QED) is 0.786. The number of hydrogen-bond donors (Lipinski definition) is 1. The van der Waals surface area contributed by atoms with Gasteiger partial charge >= 0.3 is 5.97 Å². The van der Waals surface area contributed by atoms with Gasteiger partial charge in [0.05, 0.1) is 18.6 Å². The molecule has 1 N–H and O–H groups in total. The topological polar surface area (TPSA) is 62.1 Å². The summed E-state index contributed by atoms with van der Waals surface area (Å²) < 4.78 is 4.78. The van der Waals surface area contributed by atoms with Crippen molar-refractivity contribution in [1.29, 1.82) is 5.26 Å². The van der Waals surface area contributed by atoms with Gasteiger partial charge in [-0.3, -0.25) is 0 Å². The molecular weight excluding hydrogens is 248 g/mol. The molecule has 96 valence electrons. The Morgan fingerprint density at radius 3 is 2.94 bits per heavy atom. The number of nitrogens with zero attached hydrogens (tertiary/aromatic N) is 1. The van der Waals surface area contributed by atoms with Crippen LogP contribution in [0.5, 0.6) is 0 Å². The maximum Gasteiger partial charge on any atom is 0.333 e. The van der Waals surface area contributed by atoms with E-state index in [-0.39, 0.29) is 11.4 Å². The lowest BCUT2D eigenvalue weighted by Gasteiger charge is -2.24. The highest BCUT2D eigenvalue weighted by Gasteiger charge is 2.47. The molecule has 1 saturated carbocycles. The fourth-order valence-corrected chi connectivity index (χ4v) is 2.87. The summed E-state index contributed by atoms with van der Waals surface area (Å²) in [6.07, 6.45) is 5.57. The fraction of sp³-hybridized carbons (Fsp3) is 0.538. The highest BCUT2D eigenvalue weighted by molar-refractivity contribution is 8.03. The highest BCUT2D eigenvalue weighted by atomic mass is 32.2. The molecule has 5 heteroatoms. The number of thioether (sulfide) groups is 1. The van der Waals surface area contributed by atoms with Gasteiger partial charge in [-0.05, 0) is 30.2 Å². The van der Waals surface area contributed by atoms with Crippen molar-refractivity contribution in [3.63, 3.8) is 0 Å². The monoisotopic (exact) mass is 264 g/mol. The Kier molecular flexibility index (Phi) is 3.67. The molecule has 18 heavy (non-hydrogen) atoms. The van der Waals surface area contributed by atoms with E-state index < -0.39 is 6.04 Å². The van der Waals surface area contributed by atoms with Crippen LogP contribution < -0.4 is 5.32 Å². The minimum atomic E-state index is -0.432. The van der Waals surface area contributed by atoms with Crippen LogP contribution in [0.25, 0.3) is 0 Å². The Morgan fingerprint density at radius 1 is 1.72 bits per heavy atom. The van der Waals surface area contributed by atoms with E-state index in [1.807, 2.05) is 13.0 Å². The van der Waals surface area contributed by atoms with Gasteiger partial charge in [0.25, 0.3) is 0 Å². The van der Waals surface area contributed by atoms with Gasteiger partial charge in [-0.15, -0.1) is 11.8 Å². The number of nitriles is 1. The third-order valence-corrected chi connectivity index (χ3v) is 4.23. The number of esters is 1. The molecule has 1 fully saturated rings. The van der Waals surface area contributed by atoms with Crippen LogP contribution in [0.1, 0.15) is 19.8 Å². The smallest absolute Gasteiger partial charge is 0.333 e. The second kappa shape index (κ2) is 5.07. The number of rotatable bonds is 4. The summed E-state index contributed by atoms with van der Waals surface area (Å²) in [5.74, 6) is 0.590. The Hall–Kier alpha value is -1.41. The Morgan fingerprint density at radius 2 is 2.44 bits per heavy atom. The van der Waals surface area contributed by atoms with Gasteiger partial charge in [0.1, 0.15) is 0 Å². The summed E-state index contributed by atoms with van der Waals surface area (Å²) in [7, 11) is 1.38. The van der Waals surface area contributed by atoms with E-state index >= 15 is 0 Å². The Labute approximate surface area is 111 Å². The van der Waals surface area contributed by atoms with Crippen molar-refractivity contribution in [3.8, 4) is 6.07 Å². The molecular formula is C13H16N2O2S. The van der Waals surface area contributed by atoms with Crippen molar-refractivity contribution in [3.05, 3.63) is 22.8 Å². The van der Waals surface area contributed by atoms with Crippen molar-refractivity contribution in [1.82, 2.24) is 5.32 Å². The number of hydrogen-bond acceptors (Lipinski definition) is 5. The average Bonchev–Trinajstić information content (AvgIpc) is 3.19. The van der Waals surface area contributed by atoms with E-state index in [0.29, 0.717) is 0 Å². The van der Waals surface area contributed by atoms with Gasteiger partial charge in [-0.2, -0.15) is 5.26 Å². The molecule has 0 saturated heterocycles. The standard InChI is InChI=1S/C13H16N2O2S/c1-3-18-10-6-9(13(8-14)4-5-13)7-15-11(10)12(16)17-2/h6-7,11,15H,3-5H2,1-2H3. The first-order valence-electron chi connectivity index (χ1n) is 5.97. The van der Waals surface area contributed by atoms with Gasteiger partial charge in [0, 0.05) is 11.1 Å². The maximum absolute atomic E-state index is 11.7. The predicted octanol–water partition coefficient (Wildman–Crippen LogP) is 1.96. The van der Waals surface area contributed by atoms with Crippen LogP contribution in [0.4, 0.5) is 0 Å². The van der Waals surface area contributed by atoms with E-state index in [4.69, 9.17) is 4.74 Å². The first kappa shape index (κ1) is 13.0. The van der Waals surface area contributed by atoms with Crippen LogP contribution in [-0.2, 0) is 9.53 Å². The normalized spacial score (nSPS) is 24.2. The lowest BCUT2D eigenvalue weighted by atomic mass is 9.95. The lowest BCUT2D eigenvalue weighted by molar-refractivity contribution is -0.141. The van der Waals surface area contributed by atoms with Gasteiger partial charge in [0.2, 0.25) is 0 Å². The zero-order valence-corrected chi connectivity index (χ0v) is 11.3. The SMILES string of the molecule is CCSC1=CC(C2(C#N)CC2)=CNC1C(=O)OC. The maximum atomic E-state index is 11.7. The molecule has 0 bridgehead atoms. The van der Waals surface area contributed by atoms with Gasteiger partial charge in [0.15, 0.2) is 6.04 Å². The molecule has 0 aromatic heterocycles. The molecule has 0 radical (unpaired) electrons. The van der Waals surface area contributed by atoms with Crippen molar-refractivity contribution in [2.24, 2.45) is 5.41 Å². The van der Waals surface area contributed by atoms with Gasteiger partial charge in [-0.25, -0.2) is 4.79 Å². The Balaban J connectivity index is 2.22. The molecule has 0 spiro atoms. The van der Waals surface area contributed by atoms with E-state index in [1.54, 1.807) is 18.0 Å². The van der Waals surface area contributed by atoms with Crippen molar-refractivity contribution < 1.29 is 9.53 Å². The third kappa shape index (κ3) is 2.25. The van der Waals surface area contributed by atoms with E-state index in [2.05, 4.69) is 11.4 Å². The second-order valence-corrected chi connectivity index (χ2v) is 5.73. The van der Waals surface area contributed by atoms with Crippen LogP contribution in [0.2, 0.25) is 0 Å². The minimum absolute atomic E-state index is 0.292. The molecule has 1 aliphatic carbocycles. The molecule has 1 atom stereocenters. The molecule has 0 aromatic rings. The number of nitrogens with one attached hydrogen (secondary N) is 1. The highest BCUT2D eigenvalue weighted by Crippen LogP contribution is 2.52. The van der Waals surface area contributed by atoms with E-state index in [9.17, 15) is 10.1 Å². The molecule has 2 aliphatic rings. The second-order valence-electron chi connectivity index (χ2n) is 4.40. The fourth-order valence-electron chi connectivity index (χ4n) is 1.99. The molecule has 1 unspecified atom stereocenters. The summed E-state index contributed by atoms with van der Waals surface area (Å²) in [6, 6.07) is 1.93. The number of dihydropyridines is 1. The van der Waals surface area contributed by atoms with Crippen LogP contribution in [0.15, 0.2) is 22.8 Å². The number of ether oxygens (including phenoxy) is 1. The van der Waals surface area contributed by atoms with Crippen LogP contribution in [0, 0.1) is 16.7 Å². The van der Waals surface area contributed by atoms with Gasteiger partial charge < -0.3 is 10.1 Å². The average molecular weight is 264 g/mol. The molecule has 4 nitrogen and oxygen atoms in total. The molecule has 2 rings (SSSR count). The summed E-state index contributed by atoms with van der Waals surface area (Å²) in [5, 5.41) is 12.3. The Bertz CT molecular complexity index is 458.